The molecular weight excluding hydrogens is 327 g/mol. The molecule has 2 aromatic heterocycles. The van der Waals surface area contributed by atoms with E-state index in [0.717, 1.165) is 17.4 Å². The molecule has 3 aromatic rings. The quantitative estimate of drug-likeness (QED) is 0.642. The summed E-state index contributed by atoms with van der Waals surface area (Å²) in [6, 6.07) is 9.38. The van der Waals surface area contributed by atoms with Crippen LogP contribution in [0.2, 0.25) is 9.36 Å². The van der Waals surface area contributed by atoms with Crippen molar-refractivity contribution >= 4 is 40.8 Å². The van der Waals surface area contributed by atoms with Crippen LogP contribution in [-0.4, -0.2) is 16.1 Å². The van der Waals surface area contributed by atoms with Gasteiger partial charge in [-0.25, -0.2) is 0 Å². The van der Waals surface area contributed by atoms with Crippen molar-refractivity contribution in [1.82, 2.24) is 9.78 Å². The minimum absolute atomic E-state index is 0.512. The zero-order chi connectivity index (χ0) is 14.8. The predicted octanol–water partition coefficient (Wildman–Crippen LogP) is 4.78. The van der Waals surface area contributed by atoms with Gasteiger partial charge in [0.2, 0.25) is 0 Å². The fourth-order valence-electron chi connectivity index (χ4n) is 2.06. The first-order chi connectivity index (χ1) is 10.2. The maximum atomic E-state index is 11.2. The number of rotatable bonds is 4. The van der Waals surface area contributed by atoms with Crippen LogP contribution in [0.15, 0.2) is 41.9 Å². The molecule has 0 atom stereocenters. The number of aldehydes is 1. The monoisotopic (exact) mass is 336 g/mol. The fraction of sp³-hybridized carbons (Fsp3) is 0.0667. The summed E-state index contributed by atoms with van der Waals surface area (Å²) < 4.78 is 2.38. The van der Waals surface area contributed by atoms with Crippen LogP contribution < -0.4 is 0 Å². The molecule has 0 spiro atoms. The van der Waals surface area contributed by atoms with Crippen LogP contribution in [0, 0.1) is 0 Å². The molecule has 0 fully saturated rings. The Bertz CT molecular complexity index is 795. The molecule has 0 unspecified atom stereocenters. The number of hydrogen-bond donors (Lipinski definition) is 0. The van der Waals surface area contributed by atoms with Crippen molar-refractivity contribution in [1.29, 1.82) is 0 Å². The van der Waals surface area contributed by atoms with Crippen LogP contribution in [0.4, 0.5) is 0 Å². The Kier molecular flexibility index (Phi) is 4.10. The van der Waals surface area contributed by atoms with Crippen LogP contribution in [0.1, 0.15) is 15.9 Å². The van der Waals surface area contributed by atoms with Crippen molar-refractivity contribution in [3.8, 4) is 11.3 Å². The molecule has 1 aromatic carbocycles. The minimum Gasteiger partial charge on any atom is -0.298 e. The first-order valence-electron chi connectivity index (χ1n) is 6.18. The number of carbonyl (C=O) groups excluding carboxylic acids is 1. The SMILES string of the molecule is O=Cc1cn(Cc2ccccc2Cl)nc1-c1csc(Cl)c1. The largest absolute Gasteiger partial charge is 0.298 e. The van der Waals surface area contributed by atoms with E-state index in [9.17, 15) is 4.79 Å². The van der Waals surface area contributed by atoms with Gasteiger partial charge in [0.1, 0.15) is 5.69 Å². The molecule has 6 heteroatoms. The van der Waals surface area contributed by atoms with Crippen LogP contribution >= 0.6 is 34.5 Å². The average molecular weight is 337 g/mol. The molecule has 0 aliphatic carbocycles. The molecule has 3 nitrogen and oxygen atoms in total. The highest BCUT2D eigenvalue weighted by Crippen LogP contribution is 2.29. The van der Waals surface area contributed by atoms with E-state index in [1.54, 1.807) is 16.9 Å². The summed E-state index contributed by atoms with van der Waals surface area (Å²) in [7, 11) is 0. The minimum atomic E-state index is 0.512. The van der Waals surface area contributed by atoms with Crippen LogP contribution in [0.5, 0.6) is 0 Å². The van der Waals surface area contributed by atoms with E-state index in [1.165, 1.54) is 11.3 Å². The number of thiophene rings is 1. The maximum Gasteiger partial charge on any atom is 0.153 e. The van der Waals surface area contributed by atoms with Crippen LogP contribution in [0.25, 0.3) is 11.3 Å². The molecule has 106 valence electrons. The van der Waals surface area contributed by atoms with Gasteiger partial charge in [0.25, 0.3) is 0 Å². The van der Waals surface area contributed by atoms with Crippen molar-refractivity contribution in [2.75, 3.05) is 0 Å². The number of aromatic nitrogens is 2. The van der Waals surface area contributed by atoms with E-state index in [4.69, 9.17) is 23.2 Å². The number of carbonyl (C=O) groups is 1. The van der Waals surface area contributed by atoms with Gasteiger partial charge in [-0.2, -0.15) is 5.10 Å². The lowest BCUT2D eigenvalue weighted by Crippen LogP contribution is -2.00. The van der Waals surface area contributed by atoms with Crippen molar-refractivity contribution in [3.63, 3.8) is 0 Å². The van der Waals surface area contributed by atoms with E-state index in [0.29, 0.717) is 27.2 Å². The number of nitrogens with zero attached hydrogens (tertiary/aromatic N) is 2. The van der Waals surface area contributed by atoms with E-state index in [1.807, 2.05) is 29.6 Å². The second-order valence-corrected chi connectivity index (χ2v) is 6.43. The summed E-state index contributed by atoms with van der Waals surface area (Å²) in [5, 5.41) is 7.04. The van der Waals surface area contributed by atoms with Gasteiger partial charge in [0.05, 0.1) is 16.4 Å². The molecule has 0 radical (unpaired) electrons. The van der Waals surface area contributed by atoms with Gasteiger partial charge in [-0.15, -0.1) is 11.3 Å². The molecule has 0 bridgehead atoms. The van der Waals surface area contributed by atoms with Crippen molar-refractivity contribution in [2.24, 2.45) is 0 Å². The lowest BCUT2D eigenvalue weighted by atomic mass is 10.2. The Morgan fingerprint density at radius 3 is 2.76 bits per heavy atom. The van der Waals surface area contributed by atoms with Crippen LogP contribution in [0.3, 0.4) is 0 Å². The molecule has 3 rings (SSSR count). The first-order valence-corrected chi connectivity index (χ1v) is 7.81. The zero-order valence-electron chi connectivity index (χ0n) is 10.8. The summed E-state index contributed by atoms with van der Waals surface area (Å²) in [6.45, 7) is 0.512. The molecular formula is C15H10Cl2N2OS. The Balaban J connectivity index is 1.96. The second kappa shape index (κ2) is 6.02. The highest BCUT2D eigenvalue weighted by atomic mass is 35.5. The molecule has 2 heterocycles. The molecule has 0 aliphatic heterocycles. The van der Waals surface area contributed by atoms with Gasteiger partial charge in [0.15, 0.2) is 6.29 Å². The molecule has 21 heavy (non-hydrogen) atoms. The topological polar surface area (TPSA) is 34.9 Å². The Morgan fingerprint density at radius 2 is 2.10 bits per heavy atom. The van der Waals surface area contributed by atoms with E-state index in [2.05, 4.69) is 5.10 Å². The summed E-state index contributed by atoms with van der Waals surface area (Å²) in [6.07, 6.45) is 2.52. The van der Waals surface area contributed by atoms with E-state index >= 15 is 0 Å². The summed E-state index contributed by atoms with van der Waals surface area (Å²) in [5.74, 6) is 0. The van der Waals surface area contributed by atoms with Gasteiger partial charge in [-0.1, -0.05) is 41.4 Å². The summed E-state index contributed by atoms with van der Waals surface area (Å²) >= 11 is 13.5. The normalized spacial score (nSPS) is 10.8. The molecule has 0 saturated carbocycles. The van der Waals surface area contributed by atoms with Gasteiger partial charge in [-0.05, 0) is 17.7 Å². The molecule has 0 saturated heterocycles. The van der Waals surface area contributed by atoms with Gasteiger partial charge in [0, 0.05) is 22.2 Å². The second-order valence-electron chi connectivity index (χ2n) is 4.48. The van der Waals surface area contributed by atoms with Gasteiger partial charge < -0.3 is 0 Å². The van der Waals surface area contributed by atoms with Crippen molar-refractivity contribution in [3.05, 3.63) is 62.4 Å². The number of halogens is 2. The highest BCUT2D eigenvalue weighted by molar-refractivity contribution is 7.14. The molecule has 0 N–H and O–H groups in total. The highest BCUT2D eigenvalue weighted by Gasteiger charge is 2.13. The molecule has 0 aliphatic rings. The van der Waals surface area contributed by atoms with E-state index < -0.39 is 0 Å². The van der Waals surface area contributed by atoms with Gasteiger partial charge >= 0.3 is 0 Å². The summed E-state index contributed by atoms with van der Waals surface area (Å²) in [4.78, 5) is 11.2. The lowest BCUT2D eigenvalue weighted by molar-refractivity contribution is 0.112. The number of hydrogen-bond acceptors (Lipinski definition) is 3. The molecule has 0 amide bonds. The Morgan fingerprint density at radius 1 is 1.29 bits per heavy atom. The fourth-order valence-corrected chi connectivity index (χ4v) is 3.12. The van der Waals surface area contributed by atoms with Crippen molar-refractivity contribution < 1.29 is 4.79 Å². The van der Waals surface area contributed by atoms with Crippen LogP contribution in [-0.2, 0) is 6.54 Å². The zero-order valence-corrected chi connectivity index (χ0v) is 13.1. The first kappa shape index (κ1) is 14.3. The lowest BCUT2D eigenvalue weighted by Gasteiger charge is -2.03. The number of benzene rings is 1. The third-order valence-corrected chi connectivity index (χ3v) is 4.51. The maximum absolute atomic E-state index is 11.2. The third kappa shape index (κ3) is 3.02. The standard InChI is InChI=1S/C15H10Cl2N2OS/c16-13-4-2-1-3-10(13)6-19-7-12(8-20)15(18-19)11-5-14(17)21-9-11/h1-5,7-9H,6H2. The Hall–Kier alpha value is -1.62. The summed E-state index contributed by atoms with van der Waals surface area (Å²) in [5.41, 5.74) is 2.98. The predicted molar refractivity (Wildman–Crippen MR) is 86.5 cm³/mol. The van der Waals surface area contributed by atoms with Gasteiger partial charge in [-0.3, -0.25) is 9.48 Å². The smallest absolute Gasteiger partial charge is 0.153 e. The third-order valence-electron chi connectivity index (χ3n) is 3.05. The van der Waals surface area contributed by atoms with Crippen molar-refractivity contribution in [2.45, 2.75) is 6.54 Å². The van der Waals surface area contributed by atoms with E-state index in [-0.39, 0.29) is 0 Å². The Labute approximate surface area is 135 Å². The average Bonchev–Trinajstić information content (AvgIpc) is 3.07.